The highest BCUT2D eigenvalue weighted by Crippen LogP contribution is 2.57. The van der Waals surface area contributed by atoms with Gasteiger partial charge in [-0.1, -0.05) is 20.4 Å². The molecule has 1 aliphatic carbocycles. The highest BCUT2D eigenvalue weighted by Gasteiger charge is 2.63. The third-order valence-electron chi connectivity index (χ3n) is 7.62. The minimum Gasteiger partial charge on any atom is -0.462 e. The van der Waals surface area contributed by atoms with E-state index in [2.05, 4.69) is 27.4 Å². The van der Waals surface area contributed by atoms with Crippen LogP contribution in [-0.4, -0.2) is 42.3 Å². The Morgan fingerprint density at radius 2 is 2.00 bits per heavy atom. The van der Waals surface area contributed by atoms with E-state index in [9.17, 15) is 9.59 Å². The second-order valence-electron chi connectivity index (χ2n) is 9.53. The van der Waals surface area contributed by atoms with Crippen LogP contribution in [0, 0.1) is 29.6 Å². The summed E-state index contributed by atoms with van der Waals surface area (Å²) in [5.41, 5.74) is 0.148. The third-order valence-corrected chi connectivity index (χ3v) is 7.62. The van der Waals surface area contributed by atoms with Crippen molar-refractivity contribution in [3.8, 4) is 0 Å². The zero-order chi connectivity index (χ0) is 19.5. The fraction of sp³-hybridized carbons (Fsp3) is 0.818. The molecule has 5 heteroatoms. The molecule has 0 spiro atoms. The molecule has 3 aliphatic heterocycles. The van der Waals surface area contributed by atoms with Gasteiger partial charge in [0, 0.05) is 25.7 Å². The first-order valence-corrected chi connectivity index (χ1v) is 10.4. The van der Waals surface area contributed by atoms with Gasteiger partial charge in [0.05, 0.1) is 24.4 Å². The maximum absolute atomic E-state index is 12.6. The zero-order valence-electron chi connectivity index (χ0n) is 16.9. The standard InChI is InChI=1S/C22H32O5/c1-11-9-17-19-18-15(8-12(2)20(19)26-14(4)23)13(3)10-25-22(5,21(18)27-17)7-6-16(11)24/h12-13,15,17-21H,1,6-10H2,2-5H3/t12-,13+,15?,17+,18+,19+,20-,21+,22+/m1/s1. The second-order valence-corrected chi connectivity index (χ2v) is 9.53. The Morgan fingerprint density at radius 1 is 1.26 bits per heavy atom. The summed E-state index contributed by atoms with van der Waals surface area (Å²) in [6.45, 7) is 12.8. The minimum atomic E-state index is -0.484. The number of esters is 1. The number of hydrogen-bond acceptors (Lipinski definition) is 5. The Bertz CT molecular complexity index is 657. The van der Waals surface area contributed by atoms with Crippen molar-refractivity contribution in [2.24, 2.45) is 29.6 Å². The molecule has 0 radical (unpaired) electrons. The summed E-state index contributed by atoms with van der Waals surface area (Å²) in [5, 5.41) is 0. The molecule has 4 rings (SSSR count). The highest BCUT2D eigenvalue weighted by molar-refractivity contribution is 5.94. The van der Waals surface area contributed by atoms with E-state index in [1.807, 2.05) is 0 Å². The van der Waals surface area contributed by atoms with Crippen LogP contribution in [0.2, 0.25) is 0 Å². The number of hydrogen-bond donors (Lipinski definition) is 0. The Hall–Kier alpha value is -1.20. The van der Waals surface area contributed by atoms with Crippen molar-refractivity contribution in [2.75, 3.05) is 6.61 Å². The summed E-state index contributed by atoms with van der Waals surface area (Å²) < 4.78 is 18.9. The lowest BCUT2D eigenvalue weighted by atomic mass is 9.59. The molecule has 0 aromatic rings. The largest absolute Gasteiger partial charge is 0.462 e. The lowest BCUT2D eigenvalue weighted by Gasteiger charge is -2.46. The van der Waals surface area contributed by atoms with Crippen molar-refractivity contribution in [1.82, 2.24) is 0 Å². The predicted molar refractivity (Wildman–Crippen MR) is 100.0 cm³/mol. The number of carbonyl (C=O) groups is 2. The van der Waals surface area contributed by atoms with Gasteiger partial charge in [-0.15, -0.1) is 0 Å². The first kappa shape index (κ1) is 19.1. The molecule has 1 unspecified atom stereocenters. The molecule has 9 atom stereocenters. The van der Waals surface area contributed by atoms with Crippen LogP contribution in [0.3, 0.4) is 0 Å². The zero-order valence-corrected chi connectivity index (χ0v) is 16.9. The van der Waals surface area contributed by atoms with Gasteiger partial charge in [0.25, 0.3) is 0 Å². The molecule has 0 aromatic heterocycles. The molecular weight excluding hydrogens is 344 g/mol. The summed E-state index contributed by atoms with van der Waals surface area (Å²) in [4.78, 5) is 24.4. The smallest absolute Gasteiger partial charge is 0.302 e. The van der Waals surface area contributed by atoms with E-state index in [1.165, 1.54) is 6.92 Å². The van der Waals surface area contributed by atoms with E-state index in [4.69, 9.17) is 14.2 Å². The molecule has 0 aromatic carbocycles. The Kier molecular flexibility index (Phi) is 4.75. The van der Waals surface area contributed by atoms with Gasteiger partial charge in [0.15, 0.2) is 5.78 Å². The van der Waals surface area contributed by atoms with Gasteiger partial charge in [0.2, 0.25) is 0 Å². The molecular formula is C22H32O5. The summed E-state index contributed by atoms with van der Waals surface area (Å²) in [7, 11) is 0. The number of ether oxygens (including phenoxy) is 3. The van der Waals surface area contributed by atoms with E-state index in [1.54, 1.807) is 0 Å². The highest BCUT2D eigenvalue weighted by atomic mass is 16.6. The van der Waals surface area contributed by atoms with Crippen LogP contribution in [0.4, 0.5) is 0 Å². The summed E-state index contributed by atoms with van der Waals surface area (Å²) in [5.74, 6) is 1.42. The minimum absolute atomic E-state index is 0.0632. The average molecular weight is 376 g/mol. The number of ketones is 1. The molecule has 0 amide bonds. The fourth-order valence-electron chi connectivity index (χ4n) is 6.23. The number of rotatable bonds is 1. The van der Waals surface area contributed by atoms with Crippen molar-refractivity contribution in [3.05, 3.63) is 12.2 Å². The van der Waals surface area contributed by atoms with Gasteiger partial charge < -0.3 is 14.2 Å². The molecule has 4 aliphatic rings. The van der Waals surface area contributed by atoms with E-state index in [-0.39, 0.29) is 41.9 Å². The molecule has 150 valence electrons. The fourth-order valence-corrected chi connectivity index (χ4v) is 6.23. The molecule has 0 N–H and O–H groups in total. The average Bonchev–Trinajstić information content (AvgIpc) is 2.95. The van der Waals surface area contributed by atoms with Gasteiger partial charge in [0.1, 0.15) is 6.10 Å². The van der Waals surface area contributed by atoms with Crippen molar-refractivity contribution in [1.29, 1.82) is 0 Å². The quantitative estimate of drug-likeness (QED) is 0.519. The van der Waals surface area contributed by atoms with Crippen LogP contribution in [-0.2, 0) is 23.8 Å². The van der Waals surface area contributed by atoms with Gasteiger partial charge >= 0.3 is 5.97 Å². The van der Waals surface area contributed by atoms with Crippen LogP contribution < -0.4 is 0 Å². The first-order valence-electron chi connectivity index (χ1n) is 10.4. The lowest BCUT2D eigenvalue weighted by molar-refractivity contribution is -0.160. The Labute approximate surface area is 161 Å². The van der Waals surface area contributed by atoms with Crippen LogP contribution >= 0.6 is 0 Å². The van der Waals surface area contributed by atoms with E-state index >= 15 is 0 Å². The number of carbonyl (C=O) groups excluding carboxylic acids is 2. The van der Waals surface area contributed by atoms with Crippen molar-refractivity contribution in [2.45, 2.75) is 77.3 Å². The van der Waals surface area contributed by atoms with Crippen molar-refractivity contribution in [3.63, 3.8) is 0 Å². The predicted octanol–water partition coefficient (Wildman–Crippen LogP) is 3.31. The van der Waals surface area contributed by atoms with Crippen molar-refractivity contribution >= 4 is 11.8 Å². The SMILES string of the molecule is C=C1C[C@@H]2O[C@H]3[C@H]4C(C[C@@H](C)[C@@H](OC(C)=O)[C@H]42)[C@@H](C)CO[C@@]3(C)CCC1=O. The second kappa shape index (κ2) is 6.70. The molecule has 2 bridgehead atoms. The van der Waals surface area contributed by atoms with Gasteiger partial charge in [-0.05, 0) is 49.0 Å². The normalized spacial score (nSPS) is 49.6. The third kappa shape index (κ3) is 3.07. The monoisotopic (exact) mass is 376 g/mol. The molecule has 27 heavy (non-hydrogen) atoms. The number of fused-ring (bicyclic) bond motifs is 2. The molecule has 5 nitrogen and oxygen atoms in total. The molecule has 4 fully saturated rings. The van der Waals surface area contributed by atoms with Gasteiger partial charge in [-0.3, -0.25) is 9.59 Å². The summed E-state index contributed by atoms with van der Waals surface area (Å²) in [6, 6.07) is 0. The molecule has 3 heterocycles. The van der Waals surface area contributed by atoms with Crippen LogP contribution in [0.15, 0.2) is 12.2 Å². The topological polar surface area (TPSA) is 61.8 Å². The maximum atomic E-state index is 12.6. The van der Waals surface area contributed by atoms with Crippen LogP contribution in [0.1, 0.15) is 53.4 Å². The molecule has 1 saturated carbocycles. The van der Waals surface area contributed by atoms with Gasteiger partial charge in [-0.2, -0.15) is 0 Å². The van der Waals surface area contributed by atoms with Crippen molar-refractivity contribution < 1.29 is 23.8 Å². The van der Waals surface area contributed by atoms with E-state index in [0.717, 1.165) is 6.42 Å². The summed E-state index contributed by atoms with van der Waals surface area (Å²) in [6.07, 6.45) is 2.28. The van der Waals surface area contributed by atoms with E-state index < -0.39 is 5.60 Å². The first-order chi connectivity index (χ1) is 12.7. The summed E-state index contributed by atoms with van der Waals surface area (Å²) >= 11 is 0. The van der Waals surface area contributed by atoms with Crippen LogP contribution in [0.5, 0.6) is 0 Å². The Morgan fingerprint density at radius 3 is 2.70 bits per heavy atom. The lowest BCUT2D eigenvalue weighted by Crippen LogP contribution is -2.52. The van der Waals surface area contributed by atoms with E-state index in [0.29, 0.717) is 49.2 Å². The molecule has 3 saturated heterocycles. The maximum Gasteiger partial charge on any atom is 0.302 e. The number of Topliss-reactive ketones (excluding diaryl/α,β-unsaturated/α-hetero) is 1. The Balaban J connectivity index is 1.80. The van der Waals surface area contributed by atoms with Gasteiger partial charge in [-0.25, -0.2) is 0 Å². The van der Waals surface area contributed by atoms with Crippen LogP contribution in [0.25, 0.3) is 0 Å².